The van der Waals surface area contributed by atoms with E-state index in [0.29, 0.717) is 24.2 Å². The highest BCUT2D eigenvalue weighted by molar-refractivity contribution is 6.02. The minimum Gasteiger partial charge on any atom is -0.346 e. The number of nitrogens with zero attached hydrogens (tertiary/aromatic N) is 1. The van der Waals surface area contributed by atoms with E-state index in [1.807, 2.05) is 24.3 Å². The zero-order valence-corrected chi connectivity index (χ0v) is 17.8. The number of carbonyl (C=O) groups excluding carboxylic acids is 1. The molecule has 0 radical (unpaired) electrons. The van der Waals surface area contributed by atoms with Gasteiger partial charge in [0.05, 0.1) is 19.2 Å². The van der Waals surface area contributed by atoms with Gasteiger partial charge in [-0.3, -0.25) is 4.79 Å². The van der Waals surface area contributed by atoms with Crippen LogP contribution >= 0.6 is 0 Å². The molecular weight excluding hydrogens is 417 g/mol. The summed E-state index contributed by atoms with van der Waals surface area (Å²) in [6.45, 7) is 1.08. The molecule has 0 aromatic heterocycles. The number of fused-ring (bicyclic) bond motifs is 1. The van der Waals surface area contributed by atoms with Crippen molar-refractivity contribution in [3.8, 4) is 11.1 Å². The van der Waals surface area contributed by atoms with E-state index in [4.69, 9.17) is 0 Å². The summed E-state index contributed by atoms with van der Waals surface area (Å²) in [6.07, 6.45) is -1.49. The molecule has 0 saturated carbocycles. The van der Waals surface area contributed by atoms with Gasteiger partial charge < -0.3 is 5.32 Å². The Morgan fingerprint density at radius 3 is 2.53 bits per heavy atom. The molecule has 1 aliphatic rings. The first kappa shape index (κ1) is 22.3. The molecule has 1 amide bonds. The van der Waals surface area contributed by atoms with Gasteiger partial charge in [-0.2, -0.15) is 17.8 Å². The Bertz CT molecular complexity index is 1120. The predicted molar refractivity (Wildman–Crippen MR) is 117 cm³/mol. The number of likely N-dealkylation sites (tertiary alicyclic amines) is 1. The minimum atomic E-state index is -4.37. The fourth-order valence-corrected chi connectivity index (χ4v) is 4.40. The zero-order valence-electron chi connectivity index (χ0n) is 17.8. The van der Waals surface area contributed by atoms with Crippen molar-refractivity contribution in [1.82, 2.24) is 5.32 Å². The van der Waals surface area contributed by atoms with Crippen molar-refractivity contribution in [1.29, 1.82) is 0 Å². The van der Waals surface area contributed by atoms with E-state index in [2.05, 4.69) is 5.32 Å². The second-order valence-electron chi connectivity index (χ2n) is 8.61. The number of hydroxylamine groups is 3. The number of rotatable bonds is 4. The number of likely N-dealkylation sites (N-methyl/N-ethyl adjacent to an activating group) is 1. The summed E-state index contributed by atoms with van der Waals surface area (Å²) in [5.41, 5.74) is 1.30. The maximum absolute atomic E-state index is 12.9. The molecule has 1 aliphatic heterocycles. The Balaban J connectivity index is 1.54. The van der Waals surface area contributed by atoms with Gasteiger partial charge in [-0.1, -0.05) is 36.4 Å². The lowest BCUT2D eigenvalue weighted by molar-refractivity contribution is -1.11. The van der Waals surface area contributed by atoms with Gasteiger partial charge in [0.1, 0.15) is 12.6 Å². The van der Waals surface area contributed by atoms with Crippen LogP contribution in [-0.2, 0) is 6.18 Å². The molecule has 7 heteroatoms. The topological polar surface area (TPSA) is 49.3 Å². The van der Waals surface area contributed by atoms with E-state index in [-0.39, 0.29) is 16.6 Å². The van der Waals surface area contributed by atoms with Crippen LogP contribution < -0.4 is 5.32 Å². The average molecular weight is 443 g/mol. The minimum absolute atomic E-state index is 0.0283. The highest BCUT2D eigenvalue weighted by atomic mass is 19.4. The summed E-state index contributed by atoms with van der Waals surface area (Å²) in [7, 11) is 1.77. The van der Waals surface area contributed by atoms with Crippen LogP contribution in [0.25, 0.3) is 21.9 Å². The fourth-order valence-electron chi connectivity index (χ4n) is 4.40. The summed E-state index contributed by atoms with van der Waals surface area (Å²) >= 11 is 0. The van der Waals surface area contributed by atoms with Gasteiger partial charge >= 0.3 is 6.18 Å². The van der Waals surface area contributed by atoms with Crippen LogP contribution in [0.1, 0.15) is 35.2 Å². The lowest BCUT2D eigenvalue weighted by Crippen LogP contribution is -2.56. The first-order valence-corrected chi connectivity index (χ1v) is 10.7. The van der Waals surface area contributed by atoms with Crippen LogP contribution in [-0.4, -0.2) is 41.9 Å². The third-order valence-corrected chi connectivity index (χ3v) is 6.35. The third-order valence-electron chi connectivity index (χ3n) is 6.35. The molecule has 4 rings (SSSR count). The van der Waals surface area contributed by atoms with E-state index < -0.39 is 11.7 Å². The molecule has 1 heterocycles. The van der Waals surface area contributed by atoms with Crippen molar-refractivity contribution in [3.05, 3.63) is 71.8 Å². The molecule has 1 saturated heterocycles. The lowest BCUT2D eigenvalue weighted by Gasteiger charge is -2.37. The van der Waals surface area contributed by atoms with Gasteiger partial charge in [0.15, 0.2) is 0 Å². The quantitative estimate of drug-likeness (QED) is 0.513. The van der Waals surface area contributed by atoms with Crippen LogP contribution in [0.5, 0.6) is 0 Å². The number of hydrogen-bond donors (Lipinski definition) is 2. The summed E-state index contributed by atoms with van der Waals surface area (Å²) < 4.78 is 38.5. The number of benzene rings is 3. The van der Waals surface area contributed by atoms with Crippen molar-refractivity contribution in [2.45, 2.75) is 31.5 Å². The maximum Gasteiger partial charge on any atom is 0.416 e. The standard InChI is InChI=1S/C25H25F3N2O2/c1-30(32)14-3-2-6-21(30)16-29-24(31)19-10-13-23-18(15-19)5-4-7-22(23)17-8-11-20(12-9-17)25(26,27)28/h4-5,7-13,15,21,32H,2-3,6,14,16H2,1H3/p+1. The van der Waals surface area contributed by atoms with Crippen LogP contribution in [0.2, 0.25) is 0 Å². The SMILES string of the molecule is C[N+]1(O)CCCCC1CNC(=O)c1ccc2c(-c3ccc(C(F)(F)F)cc3)cccc2c1. The van der Waals surface area contributed by atoms with E-state index >= 15 is 0 Å². The maximum atomic E-state index is 12.9. The Labute approximate surface area is 184 Å². The van der Waals surface area contributed by atoms with Crippen molar-refractivity contribution >= 4 is 16.7 Å². The van der Waals surface area contributed by atoms with Gasteiger partial charge in [-0.25, -0.2) is 5.21 Å². The molecule has 2 atom stereocenters. The van der Waals surface area contributed by atoms with Gasteiger partial charge in [0, 0.05) is 12.0 Å². The molecule has 0 aliphatic carbocycles. The third kappa shape index (κ3) is 4.64. The number of hydrogen-bond acceptors (Lipinski definition) is 2. The number of nitrogens with one attached hydrogen (secondary N) is 1. The van der Waals surface area contributed by atoms with E-state index in [1.165, 1.54) is 12.1 Å². The molecule has 2 unspecified atom stereocenters. The molecule has 0 bridgehead atoms. The zero-order chi connectivity index (χ0) is 22.9. The molecule has 1 fully saturated rings. The molecule has 168 valence electrons. The van der Waals surface area contributed by atoms with E-state index in [1.54, 1.807) is 19.2 Å². The first-order valence-electron chi connectivity index (χ1n) is 10.7. The molecule has 0 spiro atoms. The smallest absolute Gasteiger partial charge is 0.346 e. The van der Waals surface area contributed by atoms with Crippen LogP contribution in [0, 0.1) is 0 Å². The summed E-state index contributed by atoms with van der Waals surface area (Å²) in [6, 6.07) is 15.9. The van der Waals surface area contributed by atoms with E-state index in [9.17, 15) is 23.2 Å². The lowest BCUT2D eigenvalue weighted by atomic mass is 9.96. The highest BCUT2D eigenvalue weighted by Crippen LogP contribution is 2.33. The Morgan fingerprint density at radius 1 is 1.09 bits per heavy atom. The van der Waals surface area contributed by atoms with Gasteiger partial charge in [-0.05, 0) is 59.0 Å². The summed E-state index contributed by atoms with van der Waals surface area (Å²) in [4.78, 5) is 12.7. The van der Waals surface area contributed by atoms with Crippen LogP contribution in [0.15, 0.2) is 60.7 Å². The normalized spacial score (nSPS) is 21.5. The number of halogens is 3. The largest absolute Gasteiger partial charge is 0.416 e. The fraction of sp³-hybridized carbons (Fsp3) is 0.320. The second kappa shape index (κ2) is 8.56. The molecule has 2 N–H and O–H groups in total. The van der Waals surface area contributed by atoms with E-state index in [0.717, 1.165) is 47.7 Å². The predicted octanol–water partition coefficient (Wildman–Crippen LogP) is 5.64. The number of amides is 1. The number of carbonyl (C=O) groups is 1. The first-order chi connectivity index (χ1) is 15.1. The van der Waals surface area contributed by atoms with Crippen molar-refractivity contribution in [2.24, 2.45) is 0 Å². The van der Waals surface area contributed by atoms with Crippen LogP contribution in [0.4, 0.5) is 13.2 Å². The van der Waals surface area contributed by atoms with Crippen molar-refractivity contribution in [3.63, 3.8) is 0 Å². The summed E-state index contributed by atoms with van der Waals surface area (Å²) in [5, 5.41) is 15.1. The highest BCUT2D eigenvalue weighted by Gasteiger charge is 2.35. The number of alkyl halides is 3. The Kier molecular flexibility index (Phi) is 5.97. The average Bonchev–Trinajstić information content (AvgIpc) is 2.76. The Hall–Kier alpha value is -2.90. The van der Waals surface area contributed by atoms with Crippen molar-refractivity contribution < 1.29 is 27.8 Å². The molecule has 3 aromatic carbocycles. The monoisotopic (exact) mass is 443 g/mol. The molecule has 3 aromatic rings. The molecule has 4 nitrogen and oxygen atoms in total. The second-order valence-corrected chi connectivity index (χ2v) is 8.61. The van der Waals surface area contributed by atoms with Gasteiger partial charge in [0.25, 0.3) is 5.91 Å². The molecular formula is C25H26F3N2O2+. The summed E-state index contributed by atoms with van der Waals surface area (Å²) in [5.74, 6) is -0.211. The van der Waals surface area contributed by atoms with Crippen LogP contribution in [0.3, 0.4) is 0 Å². The van der Waals surface area contributed by atoms with Crippen molar-refractivity contribution in [2.75, 3.05) is 20.1 Å². The Morgan fingerprint density at radius 2 is 1.84 bits per heavy atom. The molecule has 32 heavy (non-hydrogen) atoms. The number of piperidine rings is 1. The number of quaternary nitrogens is 1. The van der Waals surface area contributed by atoms with Gasteiger partial charge in [-0.15, -0.1) is 0 Å². The van der Waals surface area contributed by atoms with Gasteiger partial charge in [0.2, 0.25) is 0 Å².